The molecule has 0 aliphatic carbocycles. The summed E-state index contributed by atoms with van der Waals surface area (Å²) in [4.78, 5) is 11.9. The summed E-state index contributed by atoms with van der Waals surface area (Å²) < 4.78 is 0. The van der Waals surface area contributed by atoms with E-state index in [1.807, 2.05) is 0 Å². The van der Waals surface area contributed by atoms with Crippen LogP contribution in [0.2, 0.25) is 0 Å². The lowest BCUT2D eigenvalue weighted by atomic mass is 10.1. The summed E-state index contributed by atoms with van der Waals surface area (Å²) in [5, 5.41) is 21.7. The number of benzene rings is 1. The van der Waals surface area contributed by atoms with Gasteiger partial charge in [0.25, 0.3) is 0 Å². The van der Waals surface area contributed by atoms with Gasteiger partial charge in [0.2, 0.25) is 5.91 Å². The van der Waals surface area contributed by atoms with E-state index in [9.17, 15) is 15.0 Å². The van der Waals surface area contributed by atoms with E-state index < -0.39 is 0 Å². The molecule has 32 heavy (non-hydrogen) atoms. The molecule has 0 radical (unpaired) electrons. The molecule has 176 valence electrons. The molecule has 4 nitrogen and oxygen atoms in total. The molecule has 4 heteroatoms. The van der Waals surface area contributed by atoms with Crippen LogP contribution >= 0.6 is 0 Å². The molecule has 1 aromatic carbocycles. The molecular formula is C28H41NO3. The third kappa shape index (κ3) is 15.1. The molecule has 1 aromatic rings. The average molecular weight is 440 g/mol. The van der Waals surface area contributed by atoms with E-state index in [1.165, 1.54) is 37.8 Å². The van der Waals surface area contributed by atoms with Crippen molar-refractivity contribution >= 4 is 5.91 Å². The smallest absolute Gasteiger partial charge is 0.220 e. The highest BCUT2D eigenvalue weighted by atomic mass is 16.3. The van der Waals surface area contributed by atoms with Crippen molar-refractivity contribution in [3.8, 4) is 11.5 Å². The molecule has 0 atom stereocenters. The number of nitrogens with one attached hydrogen (secondary N) is 1. The monoisotopic (exact) mass is 439 g/mol. The Kier molecular flexibility index (Phi) is 16.2. The third-order valence-corrected chi connectivity index (χ3v) is 5.01. The number of allylic oxidation sites excluding steroid dienone is 8. The van der Waals surface area contributed by atoms with Gasteiger partial charge in [0.05, 0.1) is 0 Å². The summed E-state index contributed by atoms with van der Waals surface area (Å²) in [5.74, 6) is -0.216. The Balaban J connectivity index is 1.97. The Morgan fingerprint density at radius 3 is 2.00 bits per heavy atom. The summed E-state index contributed by atoms with van der Waals surface area (Å²) in [6.07, 6.45) is 28.5. The molecule has 1 rings (SSSR count). The third-order valence-electron chi connectivity index (χ3n) is 5.01. The standard InChI is InChI=1S/C28H41NO3/c1-2-3-4-5-6-7-8-9-10-11-12-13-14-15-16-17-18-19-28(32)29-23-22-25-20-21-26(30)27(31)24-25/h6-7,9-10,12-13,15-16,20-21,24,30-31H,2-5,8,11,14,17-19,22-23H2,1H3,(H,29,32)/b7-6+,10-9+,13-12-,16-15+. The van der Waals surface area contributed by atoms with E-state index in [1.54, 1.807) is 6.07 Å². The van der Waals surface area contributed by atoms with Gasteiger partial charge in [-0.1, -0.05) is 74.4 Å². The summed E-state index contributed by atoms with van der Waals surface area (Å²) >= 11 is 0. The van der Waals surface area contributed by atoms with E-state index in [0.717, 1.165) is 37.7 Å². The molecule has 0 aliphatic rings. The molecule has 0 spiro atoms. The maximum atomic E-state index is 11.9. The maximum Gasteiger partial charge on any atom is 0.220 e. The van der Waals surface area contributed by atoms with E-state index in [0.29, 0.717) is 19.4 Å². The Morgan fingerprint density at radius 2 is 1.41 bits per heavy atom. The van der Waals surface area contributed by atoms with E-state index in [-0.39, 0.29) is 17.4 Å². The minimum atomic E-state index is -0.132. The molecule has 0 unspecified atom stereocenters. The fourth-order valence-electron chi connectivity index (χ4n) is 3.10. The Bertz CT molecular complexity index is 747. The highest BCUT2D eigenvalue weighted by molar-refractivity contribution is 5.75. The van der Waals surface area contributed by atoms with Gasteiger partial charge in [-0.15, -0.1) is 0 Å². The van der Waals surface area contributed by atoms with Crippen molar-refractivity contribution in [2.45, 2.75) is 77.6 Å². The highest BCUT2D eigenvalue weighted by Gasteiger charge is 2.03. The van der Waals surface area contributed by atoms with Crippen LogP contribution in [0, 0.1) is 0 Å². The molecule has 0 heterocycles. The van der Waals surface area contributed by atoms with Gasteiger partial charge in [0, 0.05) is 13.0 Å². The van der Waals surface area contributed by atoms with Crippen molar-refractivity contribution < 1.29 is 15.0 Å². The van der Waals surface area contributed by atoms with Gasteiger partial charge in [-0.05, 0) is 69.1 Å². The quantitative estimate of drug-likeness (QED) is 0.140. The zero-order valence-electron chi connectivity index (χ0n) is 19.6. The zero-order valence-corrected chi connectivity index (χ0v) is 19.6. The van der Waals surface area contributed by atoms with Crippen LogP contribution in [0.25, 0.3) is 0 Å². The summed E-state index contributed by atoms with van der Waals surface area (Å²) in [5.41, 5.74) is 0.877. The predicted octanol–water partition coefficient (Wildman–Crippen LogP) is 6.90. The first-order chi connectivity index (χ1) is 15.6. The van der Waals surface area contributed by atoms with Crippen molar-refractivity contribution in [2.75, 3.05) is 6.54 Å². The van der Waals surface area contributed by atoms with E-state index in [2.05, 4.69) is 60.8 Å². The van der Waals surface area contributed by atoms with E-state index >= 15 is 0 Å². The number of aromatic hydroxyl groups is 2. The van der Waals surface area contributed by atoms with Crippen LogP contribution in [0.4, 0.5) is 0 Å². The van der Waals surface area contributed by atoms with Gasteiger partial charge in [-0.2, -0.15) is 0 Å². The molecule has 3 N–H and O–H groups in total. The molecule has 0 saturated heterocycles. The van der Waals surface area contributed by atoms with Crippen LogP contribution in [-0.2, 0) is 11.2 Å². The van der Waals surface area contributed by atoms with Crippen LogP contribution < -0.4 is 5.32 Å². The second kappa shape index (κ2) is 19.0. The normalized spacial score (nSPS) is 12.0. The number of carbonyl (C=O) groups is 1. The van der Waals surface area contributed by atoms with Crippen LogP contribution in [0.15, 0.2) is 66.8 Å². The number of phenolic OH excluding ortho intramolecular Hbond substituents is 2. The van der Waals surface area contributed by atoms with E-state index in [4.69, 9.17) is 0 Å². The largest absolute Gasteiger partial charge is 0.504 e. The maximum absolute atomic E-state index is 11.9. The van der Waals surface area contributed by atoms with Crippen molar-refractivity contribution in [2.24, 2.45) is 0 Å². The molecule has 0 aliphatic heterocycles. The Morgan fingerprint density at radius 1 is 0.812 bits per heavy atom. The SMILES string of the molecule is CCCCC/C=C/C/C=C/C/C=C\C/C=C/CCCC(=O)NCCc1ccc(O)c(O)c1. The molecule has 0 bridgehead atoms. The molecule has 0 aromatic heterocycles. The number of phenols is 2. The molecular weight excluding hydrogens is 398 g/mol. The first-order valence-electron chi connectivity index (χ1n) is 12.0. The van der Waals surface area contributed by atoms with Crippen LogP contribution in [-0.4, -0.2) is 22.7 Å². The van der Waals surface area contributed by atoms with Crippen molar-refractivity contribution in [1.82, 2.24) is 5.32 Å². The Labute approximate surface area is 194 Å². The lowest BCUT2D eigenvalue weighted by Crippen LogP contribution is -2.25. The van der Waals surface area contributed by atoms with Crippen molar-refractivity contribution in [1.29, 1.82) is 0 Å². The summed E-state index contributed by atoms with van der Waals surface area (Å²) in [7, 11) is 0. The number of unbranched alkanes of at least 4 members (excludes halogenated alkanes) is 4. The Hall–Kier alpha value is -2.75. The number of carbonyl (C=O) groups excluding carboxylic acids is 1. The second-order valence-corrected chi connectivity index (χ2v) is 7.90. The van der Waals surface area contributed by atoms with Crippen LogP contribution in [0.3, 0.4) is 0 Å². The van der Waals surface area contributed by atoms with Gasteiger partial charge in [-0.3, -0.25) is 4.79 Å². The molecule has 0 fully saturated rings. The summed E-state index contributed by atoms with van der Waals surface area (Å²) in [6.45, 7) is 2.75. The zero-order chi connectivity index (χ0) is 23.3. The fourth-order valence-corrected chi connectivity index (χ4v) is 3.10. The first-order valence-corrected chi connectivity index (χ1v) is 12.0. The van der Waals surface area contributed by atoms with Gasteiger partial charge in [0.1, 0.15) is 0 Å². The lowest BCUT2D eigenvalue weighted by molar-refractivity contribution is -0.121. The molecule has 0 saturated carbocycles. The lowest BCUT2D eigenvalue weighted by Gasteiger charge is -2.06. The summed E-state index contributed by atoms with van der Waals surface area (Å²) in [6, 6.07) is 4.72. The van der Waals surface area contributed by atoms with Crippen molar-refractivity contribution in [3.05, 3.63) is 72.4 Å². The van der Waals surface area contributed by atoms with Gasteiger partial charge in [0.15, 0.2) is 11.5 Å². The first kappa shape index (κ1) is 27.3. The highest BCUT2D eigenvalue weighted by Crippen LogP contribution is 2.24. The number of rotatable bonds is 17. The van der Waals surface area contributed by atoms with Crippen molar-refractivity contribution in [3.63, 3.8) is 0 Å². The second-order valence-electron chi connectivity index (χ2n) is 7.90. The number of hydrogen-bond acceptors (Lipinski definition) is 3. The predicted molar refractivity (Wildman–Crippen MR) is 135 cm³/mol. The van der Waals surface area contributed by atoms with Gasteiger partial charge < -0.3 is 15.5 Å². The fraction of sp³-hybridized carbons (Fsp3) is 0.464. The van der Waals surface area contributed by atoms with Crippen LogP contribution in [0.1, 0.15) is 76.7 Å². The van der Waals surface area contributed by atoms with Crippen LogP contribution in [0.5, 0.6) is 11.5 Å². The van der Waals surface area contributed by atoms with Gasteiger partial charge in [-0.25, -0.2) is 0 Å². The topological polar surface area (TPSA) is 69.6 Å². The minimum Gasteiger partial charge on any atom is -0.504 e. The number of amides is 1. The molecule has 1 amide bonds. The number of hydrogen-bond donors (Lipinski definition) is 3. The minimum absolute atomic E-state index is 0.0453. The average Bonchev–Trinajstić information content (AvgIpc) is 2.78. The van der Waals surface area contributed by atoms with Gasteiger partial charge >= 0.3 is 0 Å².